The van der Waals surface area contributed by atoms with Crippen LogP contribution in [0.15, 0.2) is 29.4 Å². The second kappa shape index (κ2) is 4.09. The smallest absolute Gasteiger partial charge is 0.244 e. The molecule has 58 valence electrons. The molecule has 0 amide bonds. The van der Waals surface area contributed by atoms with E-state index in [0.29, 0.717) is 0 Å². The van der Waals surface area contributed by atoms with Gasteiger partial charge in [-0.15, -0.1) is 0 Å². The first-order chi connectivity index (χ1) is 5.29. The zero-order valence-corrected chi connectivity index (χ0v) is 6.66. The lowest BCUT2D eigenvalue weighted by Gasteiger charge is -2.04. The van der Waals surface area contributed by atoms with Gasteiger partial charge in [0.15, 0.2) is 0 Å². The van der Waals surface area contributed by atoms with E-state index in [-0.39, 0.29) is 5.92 Å². The van der Waals surface area contributed by atoms with E-state index in [2.05, 4.69) is 4.99 Å². The quantitative estimate of drug-likeness (QED) is 0.459. The van der Waals surface area contributed by atoms with Crippen LogP contribution in [0.5, 0.6) is 0 Å². The summed E-state index contributed by atoms with van der Waals surface area (Å²) in [6.07, 6.45) is 9.49. The number of hydrogen-bond donors (Lipinski definition) is 0. The van der Waals surface area contributed by atoms with E-state index in [0.717, 1.165) is 6.42 Å². The Morgan fingerprint density at radius 1 is 1.73 bits per heavy atom. The summed E-state index contributed by atoms with van der Waals surface area (Å²) in [6, 6.07) is 0. The zero-order valence-electron chi connectivity index (χ0n) is 5.90. The van der Waals surface area contributed by atoms with Crippen molar-refractivity contribution in [1.82, 2.24) is 0 Å². The molecule has 3 heteroatoms. The molecule has 0 saturated carbocycles. The number of carbonyl (C=O) groups is 1. The highest BCUT2D eigenvalue weighted by atomic mass is 35.5. The van der Waals surface area contributed by atoms with Gasteiger partial charge in [0, 0.05) is 18.3 Å². The summed E-state index contributed by atoms with van der Waals surface area (Å²) in [4.78, 5) is 14.2. The maximum Gasteiger partial charge on any atom is 0.244 e. The van der Waals surface area contributed by atoms with Crippen LogP contribution in [0.4, 0.5) is 0 Å². The number of hydrogen-bond acceptors (Lipinski definition) is 2. The number of rotatable bonds is 2. The lowest BCUT2D eigenvalue weighted by molar-refractivity contribution is -0.107. The van der Waals surface area contributed by atoms with E-state index in [1.54, 1.807) is 18.5 Å². The fourth-order valence-electron chi connectivity index (χ4n) is 0.827. The zero-order chi connectivity index (χ0) is 8.10. The van der Waals surface area contributed by atoms with Crippen molar-refractivity contribution in [3.05, 3.63) is 24.4 Å². The van der Waals surface area contributed by atoms with Gasteiger partial charge in [-0.3, -0.25) is 9.79 Å². The molecule has 1 aliphatic rings. The van der Waals surface area contributed by atoms with Gasteiger partial charge in [-0.2, -0.15) is 0 Å². The van der Waals surface area contributed by atoms with Gasteiger partial charge < -0.3 is 0 Å². The van der Waals surface area contributed by atoms with Crippen molar-refractivity contribution in [3.8, 4) is 0 Å². The molecule has 0 fully saturated rings. The van der Waals surface area contributed by atoms with Crippen LogP contribution >= 0.6 is 11.6 Å². The van der Waals surface area contributed by atoms with Crippen molar-refractivity contribution in [2.75, 3.05) is 0 Å². The first-order valence-electron chi connectivity index (χ1n) is 3.35. The number of allylic oxidation sites excluding steroid dienone is 3. The number of nitrogens with zero attached hydrogens (tertiary/aromatic N) is 1. The van der Waals surface area contributed by atoms with Crippen molar-refractivity contribution in [2.45, 2.75) is 6.42 Å². The second-order valence-corrected chi connectivity index (χ2v) is 2.62. The van der Waals surface area contributed by atoms with Crippen molar-refractivity contribution in [1.29, 1.82) is 0 Å². The van der Waals surface area contributed by atoms with Gasteiger partial charge in [0.1, 0.15) is 0 Å². The van der Waals surface area contributed by atoms with Crippen LogP contribution in [-0.2, 0) is 4.79 Å². The van der Waals surface area contributed by atoms with Gasteiger partial charge in [-0.05, 0) is 24.1 Å². The minimum absolute atomic E-state index is 0.225. The molecule has 0 radical (unpaired) electrons. The fourth-order valence-corrected chi connectivity index (χ4v) is 0.900. The Labute approximate surface area is 70.3 Å². The molecule has 0 aliphatic carbocycles. The first-order valence-corrected chi connectivity index (χ1v) is 3.73. The number of aliphatic imine (C=N–C) groups is 1. The molecular formula is C8H8ClNO. The Morgan fingerprint density at radius 3 is 3.09 bits per heavy atom. The van der Waals surface area contributed by atoms with Gasteiger partial charge in [0.2, 0.25) is 5.24 Å². The molecule has 1 unspecified atom stereocenters. The highest BCUT2D eigenvalue weighted by molar-refractivity contribution is 6.66. The Morgan fingerprint density at radius 2 is 2.55 bits per heavy atom. The molecule has 11 heavy (non-hydrogen) atoms. The van der Waals surface area contributed by atoms with Crippen LogP contribution in [-0.4, -0.2) is 11.5 Å². The predicted molar refractivity (Wildman–Crippen MR) is 45.7 cm³/mol. The first kappa shape index (κ1) is 8.21. The molecule has 2 nitrogen and oxygen atoms in total. The Hall–Kier alpha value is -0.890. The van der Waals surface area contributed by atoms with E-state index in [1.807, 2.05) is 6.08 Å². The summed E-state index contributed by atoms with van der Waals surface area (Å²) >= 11 is 5.11. The van der Waals surface area contributed by atoms with Crippen molar-refractivity contribution >= 4 is 23.1 Å². The molecule has 0 aromatic carbocycles. The van der Waals surface area contributed by atoms with Gasteiger partial charge >= 0.3 is 0 Å². The summed E-state index contributed by atoms with van der Waals surface area (Å²) in [5.74, 6) is 0.225. The van der Waals surface area contributed by atoms with E-state index in [4.69, 9.17) is 11.6 Å². The molecule has 0 aromatic heterocycles. The van der Waals surface area contributed by atoms with Crippen LogP contribution in [0, 0.1) is 5.92 Å². The lowest BCUT2D eigenvalue weighted by atomic mass is 10.1. The summed E-state index contributed by atoms with van der Waals surface area (Å²) in [6.45, 7) is 0. The molecule has 0 bridgehead atoms. The van der Waals surface area contributed by atoms with E-state index >= 15 is 0 Å². The Bertz CT molecular complexity index is 230. The van der Waals surface area contributed by atoms with Crippen molar-refractivity contribution < 1.29 is 4.79 Å². The maximum atomic E-state index is 10.3. The Kier molecular flexibility index (Phi) is 3.05. The standard InChI is InChI=1S/C8H8ClNO/c9-8(11)4-3-7-2-1-5-10-6-7/h1,3-7H,2H2/b4-3+. The summed E-state index contributed by atoms with van der Waals surface area (Å²) in [7, 11) is 0. The molecule has 1 heterocycles. The monoisotopic (exact) mass is 169 g/mol. The molecule has 1 atom stereocenters. The van der Waals surface area contributed by atoms with Gasteiger partial charge in [-0.25, -0.2) is 0 Å². The average Bonchev–Trinajstić information content (AvgIpc) is 2.03. The minimum Gasteiger partial charge on any atom is -0.276 e. The summed E-state index contributed by atoms with van der Waals surface area (Å²) in [5, 5.41) is -0.437. The molecule has 0 N–H and O–H groups in total. The maximum absolute atomic E-state index is 10.3. The highest BCUT2D eigenvalue weighted by Crippen LogP contribution is 2.07. The molecule has 0 saturated heterocycles. The third-order valence-corrected chi connectivity index (χ3v) is 1.48. The van der Waals surface area contributed by atoms with Crippen molar-refractivity contribution in [2.24, 2.45) is 10.9 Å². The molecule has 0 aromatic rings. The molecule has 0 spiro atoms. The highest BCUT2D eigenvalue weighted by Gasteiger charge is 2.00. The molecular weight excluding hydrogens is 162 g/mol. The molecule has 1 aliphatic heterocycles. The summed E-state index contributed by atoms with van der Waals surface area (Å²) in [5.41, 5.74) is 0. The normalized spacial score (nSPS) is 22.8. The van der Waals surface area contributed by atoms with E-state index in [9.17, 15) is 4.79 Å². The van der Waals surface area contributed by atoms with Crippen molar-refractivity contribution in [3.63, 3.8) is 0 Å². The summed E-state index contributed by atoms with van der Waals surface area (Å²) < 4.78 is 0. The largest absolute Gasteiger partial charge is 0.276 e. The predicted octanol–water partition coefficient (Wildman–Crippen LogP) is 1.91. The van der Waals surface area contributed by atoms with E-state index in [1.165, 1.54) is 6.08 Å². The lowest BCUT2D eigenvalue weighted by Crippen LogP contribution is -1.99. The van der Waals surface area contributed by atoms with Gasteiger partial charge in [0.25, 0.3) is 0 Å². The topological polar surface area (TPSA) is 29.4 Å². The third kappa shape index (κ3) is 3.14. The van der Waals surface area contributed by atoms with Crippen LogP contribution in [0.1, 0.15) is 6.42 Å². The second-order valence-electron chi connectivity index (χ2n) is 2.25. The SMILES string of the molecule is O=C(Cl)/C=C/C1C=NC=CC1. The third-order valence-electron chi connectivity index (χ3n) is 1.35. The average molecular weight is 170 g/mol. The van der Waals surface area contributed by atoms with Crippen LogP contribution in [0.25, 0.3) is 0 Å². The molecule has 1 rings (SSSR count). The number of carbonyl (C=O) groups excluding carboxylic acids is 1. The van der Waals surface area contributed by atoms with E-state index < -0.39 is 5.24 Å². The van der Waals surface area contributed by atoms with Gasteiger partial charge in [-0.1, -0.05) is 12.2 Å². The van der Waals surface area contributed by atoms with Crippen LogP contribution in [0.3, 0.4) is 0 Å². The fraction of sp³-hybridized carbons (Fsp3) is 0.250. The van der Waals surface area contributed by atoms with Crippen LogP contribution < -0.4 is 0 Å². The van der Waals surface area contributed by atoms with Crippen LogP contribution in [0.2, 0.25) is 0 Å². The van der Waals surface area contributed by atoms with Gasteiger partial charge in [0.05, 0.1) is 0 Å². The number of halogens is 1. The Balaban J connectivity index is 2.44. The minimum atomic E-state index is -0.437.